The summed E-state index contributed by atoms with van der Waals surface area (Å²) < 4.78 is 13.2. The maximum absolute atomic E-state index is 13.2. The summed E-state index contributed by atoms with van der Waals surface area (Å²) in [4.78, 5) is 28.2. The molecule has 18 heavy (non-hydrogen) atoms. The fourth-order valence-corrected chi connectivity index (χ4v) is 1.57. The van der Waals surface area contributed by atoms with Crippen LogP contribution in [0.5, 0.6) is 0 Å². The van der Waals surface area contributed by atoms with E-state index in [2.05, 4.69) is 9.97 Å². The molecule has 0 bridgehead atoms. The smallest absolute Gasteiger partial charge is 0.342 e. The van der Waals surface area contributed by atoms with E-state index in [4.69, 9.17) is 5.11 Å². The van der Waals surface area contributed by atoms with Crippen molar-refractivity contribution in [3.63, 3.8) is 0 Å². The van der Waals surface area contributed by atoms with Gasteiger partial charge >= 0.3 is 5.97 Å². The molecule has 0 aliphatic carbocycles. The molecule has 0 fully saturated rings. The Morgan fingerprint density at radius 3 is 2.67 bits per heavy atom. The summed E-state index contributed by atoms with van der Waals surface area (Å²) in [6.07, 6.45) is 0.955. The standard InChI is InChI=1S/C12H9FN2O3/c1-6-2-7(4-8(13)3-6)10-14-5-9(12(17)18)11(16)15-10/h2-5H,1H3,(H,17,18)(H,14,15,16). The van der Waals surface area contributed by atoms with Gasteiger partial charge < -0.3 is 10.1 Å². The summed E-state index contributed by atoms with van der Waals surface area (Å²) >= 11 is 0. The van der Waals surface area contributed by atoms with Gasteiger partial charge in [-0.1, -0.05) is 0 Å². The molecule has 2 rings (SSSR count). The predicted molar refractivity (Wildman–Crippen MR) is 61.9 cm³/mol. The van der Waals surface area contributed by atoms with Crippen LogP contribution in [-0.2, 0) is 0 Å². The number of benzene rings is 1. The van der Waals surface area contributed by atoms with Crippen molar-refractivity contribution in [2.24, 2.45) is 0 Å². The maximum atomic E-state index is 13.2. The number of aromatic carboxylic acids is 1. The van der Waals surface area contributed by atoms with Crippen molar-refractivity contribution in [1.82, 2.24) is 9.97 Å². The van der Waals surface area contributed by atoms with Crippen molar-refractivity contribution in [3.05, 3.63) is 51.7 Å². The third kappa shape index (κ3) is 2.27. The molecule has 0 aliphatic heterocycles. The highest BCUT2D eigenvalue weighted by atomic mass is 19.1. The molecule has 0 radical (unpaired) electrons. The third-order valence-corrected chi connectivity index (χ3v) is 2.35. The lowest BCUT2D eigenvalue weighted by Gasteiger charge is -2.03. The first-order chi connectivity index (χ1) is 8.47. The molecule has 0 saturated carbocycles. The molecule has 1 heterocycles. The molecular formula is C12H9FN2O3. The Hall–Kier alpha value is -2.50. The first kappa shape index (κ1) is 12.0. The number of hydrogen-bond donors (Lipinski definition) is 2. The third-order valence-electron chi connectivity index (χ3n) is 2.35. The Kier molecular flexibility index (Phi) is 2.93. The van der Waals surface area contributed by atoms with Crippen molar-refractivity contribution in [2.75, 3.05) is 0 Å². The van der Waals surface area contributed by atoms with Crippen molar-refractivity contribution in [2.45, 2.75) is 6.92 Å². The molecule has 92 valence electrons. The van der Waals surface area contributed by atoms with Crippen LogP contribution in [0.25, 0.3) is 11.4 Å². The number of H-pyrrole nitrogens is 1. The Balaban J connectivity index is 2.55. The number of aryl methyl sites for hydroxylation is 1. The predicted octanol–water partition coefficient (Wildman–Crippen LogP) is 1.58. The SMILES string of the molecule is Cc1cc(F)cc(-c2ncc(C(=O)O)c(=O)[nH]2)c1. The summed E-state index contributed by atoms with van der Waals surface area (Å²) in [5, 5.41) is 8.70. The van der Waals surface area contributed by atoms with Crippen LogP contribution < -0.4 is 5.56 Å². The zero-order chi connectivity index (χ0) is 13.3. The van der Waals surface area contributed by atoms with Crippen LogP contribution >= 0.6 is 0 Å². The molecule has 0 spiro atoms. The summed E-state index contributed by atoms with van der Waals surface area (Å²) in [6.45, 7) is 1.70. The minimum atomic E-state index is -1.36. The number of nitrogens with zero attached hydrogens (tertiary/aromatic N) is 1. The number of carbonyl (C=O) groups is 1. The van der Waals surface area contributed by atoms with Crippen molar-refractivity contribution in [3.8, 4) is 11.4 Å². The Bertz CT molecular complexity index is 659. The molecule has 5 nitrogen and oxygen atoms in total. The van der Waals surface area contributed by atoms with Gasteiger partial charge in [-0.3, -0.25) is 4.79 Å². The number of halogens is 1. The van der Waals surface area contributed by atoms with Crippen molar-refractivity contribution >= 4 is 5.97 Å². The highest BCUT2D eigenvalue weighted by molar-refractivity contribution is 5.86. The number of carboxylic acids is 1. The number of carboxylic acid groups (broad SMARTS) is 1. The highest BCUT2D eigenvalue weighted by Crippen LogP contribution is 2.17. The van der Waals surface area contributed by atoms with E-state index in [1.807, 2.05) is 0 Å². The van der Waals surface area contributed by atoms with Gasteiger partial charge in [0.05, 0.1) is 0 Å². The number of aromatic nitrogens is 2. The van der Waals surface area contributed by atoms with Gasteiger partial charge in [-0.15, -0.1) is 0 Å². The second-order valence-electron chi connectivity index (χ2n) is 3.80. The van der Waals surface area contributed by atoms with E-state index < -0.39 is 22.9 Å². The van der Waals surface area contributed by atoms with E-state index in [0.717, 1.165) is 6.20 Å². The van der Waals surface area contributed by atoms with Gasteiger partial charge in [0.25, 0.3) is 5.56 Å². The molecular weight excluding hydrogens is 239 g/mol. The van der Waals surface area contributed by atoms with Crippen LogP contribution in [0.1, 0.15) is 15.9 Å². The molecule has 1 aromatic heterocycles. The largest absolute Gasteiger partial charge is 0.477 e. The second-order valence-corrected chi connectivity index (χ2v) is 3.80. The molecule has 6 heteroatoms. The van der Waals surface area contributed by atoms with Crippen LogP contribution in [0, 0.1) is 12.7 Å². The van der Waals surface area contributed by atoms with E-state index in [1.54, 1.807) is 13.0 Å². The molecule has 1 aromatic carbocycles. The lowest BCUT2D eigenvalue weighted by atomic mass is 10.1. The fourth-order valence-electron chi connectivity index (χ4n) is 1.57. The summed E-state index contributed by atoms with van der Waals surface area (Å²) in [5.74, 6) is -1.67. The van der Waals surface area contributed by atoms with Gasteiger partial charge in [0.15, 0.2) is 0 Å². The number of rotatable bonds is 2. The van der Waals surface area contributed by atoms with Crippen LogP contribution in [0.4, 0.5) is 4.39 Å². The molecule has 0 amide bonds. The molecule has 0 saturated heterocycles. The fraction of sp³-hybridized carbons (Fsp3) is 0.0833. The molecule has 0 aliphatic rings. The monoisotopic (exact) mass is 248 g/mol. The molecule has 0 unspecified atom stereocenters. The normalized spacial score (nSPS) is 10.3. The molecule has 0 atom stereocenters. The minimum absolute atomic E-state index is 0.132. The summed E-state index contributed by atoms with van der Waals surface area (Å²) in [6, 6.07) is 4.20. The Labute approximate surface area is 101 Å². The zero-order valence-electron chi connectivity index (χ0n) is 9.40. The Morgan fingerprint density at radius 2 is 2.11 bits per heavy atom. The van der Waals surface area contributed by atoms with Gasteiger partial charge in [0.2, 0.25) is 0 Å². The van der Waals surface area contributed by atoms with Gasteiger partial charge in [-0.05, 0) is 30.7 Å². The van der Waals surface area contributed by atoms with E-state index >= 15 is 0 Å². The number of nitrogens with one attached hydrogen (secondary N) is 1. The van der Waals surface area contributed by atoms with E-state index in [1.165, 1.54) is 12.1 Å². The number of aromatic amines is 1. The number of hydrogen-bond acceptors (Lipinski definition) is 3. The Morgan fingerprint density at radius 1 is 1.39 bits per heavy atom. The average Bonchev–Trinajstić information content (AvgIpc) is 2.26. The topological polar surface area (TPSA) is 83.0 Å². The average molecular weight is 248 g/mol. The first-order valence-corrected chi connectivity index (χ1v) is 5.07. The maximum Gasteiger partial charge on any atom is 0.342 e. The van der Waals surface area contributed by atoms with E-state index in [-0.39, 0.29) is 5.82 Å². The van der Waals surface area contributed by atoms with Gasteiger partial charge in [-0.25, -0.2) is 14.2 Å². The van der Waals surface area contributed by atoms with Crippen molar-refractivity contribution in [1.29, 1.82) is 0 Å². The minimum Gasteiger partial charge on any atom is -0.477 e. The molecule has 2 aromatic rings. The summed E-state index contributed by atoms with van der Waals surface area (Å²) in [5.41, 5.74) is -0.155. The lowest BCUT2D eigenvalue weighted by Crippen LogP contribution is -2.18. The van der Waals surface area contributed by atoms with Crippen molar-refractivity contribution < 1.29 is 14.3 Å². The van der Waals surface area contributed by atoms with Crippen LogP contribution in [0.2, 0.25) is 0 Å². The van der Waals surface area contributed by atoms with Crippen LogP contribution in [0.15, 0.2) is 29.2 Å². The van der Waals surface area contributed by atoms with Gasteiger partial charge in [0.1, 0.15) is 17.2 Å². The molecule has 2 N–H and O–H groups in total. The summed E-state index contributed by atoms with van der Waals surface area (Å²) in [7, 11) is 0. The van der Waals surface area contributed by atoms with E-state index in [9.17, 15) is 14.0 Å². The zero-order valence-corrected chi connectivity index (χ0v) is 9.40. The van der Waals surface area contributed by atoms with E-state index in [0.29, 0.717) is 11.1 Å². The second kappa shape index (κ2) is 4.40. The lowest BCUT2D eigenvalue weighted by molar-refractivity contribution is 0.0694. The first-order valence-electron chi connectivity index (χ1n) is 5.07. The highest BCUT2D eigenvalue weighted by Gasteiger charge is 2.11. The van der Waals surface area contributed by atoms with Gasteiger partial charge in [0, 0.05) is 11.8 Å². The van der Waals surface area contributed by atoms with Crippen LogP contribution in [0.3, 0.4) is 0 Å². The quantitative estimate of drug-likeness (QED) is 0.845. The van der Waals surface area contributed by atoms with Gasteiger partial charge in [-0.2, -0.15) is 0 Å². The van der Waals surface area contributed by atoms with Crippen LogP contribution in [-0.4, -0.2) is 21.0 Å².